The van der Waals surface area contributed by atoms with Crippen molar-refractivity contribution in [3.63, 3.8) is 0 Å². The first-order valence-corrected chi connectivity index (χ1v) is 12.2. The van der Waals surface area contributed by atoms with Crippen LogP contribution in [-0.2, 0) is 4.79 Å². The van der Waals surface area contributed by atoms with E-state index in [-0.39, 0.29) is 5.91 Å². The number of nitrogens with one attached hydrogen (secondary N) is 1. The van der Waals surface area contributed by atoms with Gasteiger partial charge in [-0.3, -0.25) is 4.79 Å². The molecule has 6 aromatic rings. The van der Waals surface area contributed by atoms with Crippen molar-refractivity contribution in [1.29, 1.82) is 0 Å². The van der Waals surface area contributed by atoms with Gasteiger partial charge in [-0.05, 0) is 52.6 Å². The van der Waals surface area contributed by atoms with Gasteiger partial charge in [-0.2, -0.15) is 0 Å². The zero-order chi connectivity index (χ0) is 25.0. The number of hydrogen-bond acceptors (Lipinski definition) is 3. The van der Waals surface area contributed by atoms with Crippen LogP contribution in [0.25, 0.3) is 33.7 Å². The molecule has 5 aromatic carbocycles. The van der Waals surface area contributed by atoms with E-state index in [0.717, 1.165) is 27.8 Å². The maximum Gasteiger partial charge on any atom is 0.236 e. The number of anilines is 1. The smallest absolute Gasteiger partial charge is 0.236 e. The minimum absolute atomic E-state index is 0.100. The van der Waals surface area contributed by atoms with E-state index in [4.69, 9.17) is 9.40 Å². The van der Waals surface area contributed by atoms with E-state index in [1.165, 1.54) is 0 Å². The van der Waals surface area contributed by atoms with E-state index >= 15 is 0 Å². The number of oxazole rings is 1. The Hall–Kier alpha value is -4.96. The summed E-state index contributed by atoms with van der Waals surface area (Å²) in [5.41, 5.74) is 7.11. The number of benzene rings is 5. The Balaban J connectivity index is 1.26. The van der Waals surface area contributed by atoms with Gasteiger partial charge < -0.3 is 9.73 Å². The van der Waals surface area contributed by atoms with Gasteiger partial charge in [0.1, 0.15) is 5.52 Å². The molecule has 0 radical (unpaired) electrons. The van der Waals surface area contributed by atoms with Crippen molar-refractivity contribution >= 4 is 22.7 Å². The molecule has 0 saturated carbocycles. The van der Waals surface area contributed by atoms with Crippen LogP contribution in [0.2, 0.25) is 0 Å². The number of fused-ring (bicyclic) bond motifs is 1. The normalized spacial score (nSPS) is 11.1. The quantitative estimate of drug-likeness (QED) is 0.263. The molecule has 0 saturated heterocycles. The predicted octanol–water partition coefficient (Wildman–Crippen LogP) is 7.93. The SMILES string of the molecule is O=C(Nc1ccc2oc(-c3ccc(-c4ccccc4)cc3)nc2c1)C(c1ccccc1)c1ccccc1. The maximum absolute atomic E-state index is 13.5. The van der Waals surface area contributed by atoms with E-state index in [1.807, 2.05) is 109 Å². The Labute approximate surface area is 215 Å². The lowest BCUT2D eigenvalue weighted by Crippen LogP contribution is -2.22. The Kier molecular flexibility index (Phi) is 6.05. The first kappa shape index (κ1) is 22.5. The van der Waals surface area contributed by atoms with Gasteiger partial charge in [0.15, 0.2) is 5.58 Å². The molecule has 37 heavy (non-hydrogen) atoms. The van der Waals surface area contributed by atoms with E-state index in [1.54, 1.807) is 0 Å². The third-order valence-corrected chi connectivity index (χ3v) is 6.42. The van der Waals surface area contributed by atoms with Crippen LogP contribution in [0.15, 0.2) is 138 Å². The molecule has 0 aliphatic heterocycles. The molecule has 4 nitrogen and oxygen atoms in total. The fourth-order valence-corrected chi connectivity index (χ4v) is 4.57. The number of nitrogens with zero attached hydrogens (tertiary/aromatic N) is 1. The Morgan fingerprint density at radius 2 is 1.16 bits per heavy atom. The second kappa shape index (κ2) is 9.96. The molecule has 1 N–H and O–H groups in total. The zero-order valence-electron chi connectivity index (χ0n) is 20.0. The molecule has 1 heterocycles. The molecular formula is C33H24N2O2. The fraction of sp³-hybridized carbons (Fsp3) is 0.0303. The molecule has 0 aliphatic carbocycles. The molecule has 178 valence electrons. The van der Waals surface area contributed by atoms with E-state index in [2.05, 4.69) is 29.6 Å². The summed E-state index contributed by atoms with van der Waals surface area (Å²) in [6, 6.07) is 43.6. The first-order valence-electron chi connectivity index (χ1n) is 12.2. The molecule has 4 heteroatoms. The van der Waals surface area contributed by atoms with Gasteiger partial charge in [0.2, 0.25) is 11.8 Å². The average Bonchev–Trinajstić information content (AvgIpc) is 3.38. The summed E-state index contributed by atoms with van der Waals surface area (Å²) in [5.74, 6) is 0.0237. The molecular weight excluding hydrogens is 456 g/mol. The van der Waals surface area contributed by atoms with E-state index < -0.39 is 5.92 Å². The van der Waals surface area contributed by atoms with Gasteiger partial charge in [-0.25, -0.2) is 4.98 Å². The van der Waals surface area contributed by atoms with Crippen molar-refractivity contribution < 1.29 is 9.21 Å². The molecule has 0 bridgehead atoms. The van der Waals surface area contributed by atoms with Gasteiger partial charge in [0, 0.05) is 11.3 Å². The second-order valence-corrected chi connectivity index (χ2v) is 8.89. The average molecular weight is 481 g/mol. The van der Waals surface area contributed by atoms with Crippen LogP contribution >= 0.6 is 0 Å². The molecule has 0 atom stereocenters. The van der Waals surface area contributed by atoms with Crippen LogP contribution in [0.1, 0.15) is 17.0 Å². The molecule has 0 unspecified atom stereocenters. The van der Waals surface area contributed by atoms with Crippen LogP contribution in [0, 0.1) is 0 Å². The monoisotopic (exact) mass is 480 g/mol. The van der Waals surface area contributed by atoms with Crippen molar-refractivity contribution in [3.05, 3.63) is 145 Å². The number of rotatable bonds is 6. The van der Waals surface area contributed by atoms with Gasteiger partial charge in [-0.1, -0.05) is 103 Å². The summed E-state index contributed by atoms with van der Waals surface area (Å²) >= 11 is 0. The zero-order valence-corrected chi connectivity index (χ0v) is 20.0. The number of carbonyl (C=O) groups excluding carboxylic acids is 1. The summed E-state index contributed by atoms with van der Waals surface area (Å²) in [7, 11) is 0. The predicted molar refractivity (Wildman–Crippen MR) is 148 cm³/mol. The molecule has 1 amide bonds. The van der Waals surface area contributed by atoms with Gasteiger partial charge in [-0.15, -0.1) is 0 Å². The first-order chi connectivity index (χ1) is 18.2. The van der Waals surface area contributed by atoms with Crippen molar-refractivity contribution in [2.24, 2.45) is 0 Å². The summed E-state index contributed by atoms with van der Waals surface area (Å²) in [6.45, 7) is 0. The Morgan fingerprint density at radius 3 is 1.78 bits per heavy atom. The van der Waals surface area contributed by atoms with E-state index in [0.29, 0.717) is 22.7 Å². The number of aromatic nitrogens is 1. The van der Waals surface area contributed by atoms with Crippen molar-refractivity contribution in [2.45, 2.75) is 5.92 Å². The highest BCUT2D eigenvalue weighted by atomic mass is 16.3. The van der Waals surface area contributed by atoms with Crippen LogP contribution < -0.4 is 5.32 Å². The highest BCUT2D eigenvalue weighted by Crippen LogP contribution is 2.30. The highest BCUT2D eigenvalue weighted by Gasteiger charge is 2.23. The molecule has 0 spiro atoms. The molecule has 0 aliphatic rings. The van der Waals surface area contributed by atoms with Gasteiger partial charge in [0.05, 0.1) is 5.92 Å². The number of hydrogen-bond donors (Lipinski definition) is 1. The van der Waals surface area contributed by atoms with Crippen molar-refractivity contribution in [2.75, 3.05) is 5.32 Å². The summed E-state index contributed by atoms with van der Waals surface area (Å²) in [6.07, 6.45) is 0. The Bertz CT molecular complexity index is 1600. The summed E-state index contributed by atoms with van der Waals surface area (Å²) < 4.78 is 6.02. The largest absolute Gasteiger partial charge is 0.436 e. The number of amides is 1. The third kappa shape index (κ3) is 4.78. The topological polar surface area (TPSA) is 55.1 Å². The minimum atomic E-state index is -0.422. The second-order valence-electron chi connectivity index (χ2n) is 8.89. The molecule has 0 fully saturated rings. The lowest BCUT2D eigenvalue weighted by Gasteiger charge is -2.18. The Morgan fingerprint density at radius 1 is 0.622 bits per heavy atom. The fourth-order valence-electron chi connectivity index (χ4n) is 4.57. The summed E-state index contributed by atoms with van der Waals surface area (Å²) in [5, 5.41) is 3.09. The summed E-state index contributed by atoms with van der Waals surface area (Å²) in [4.78, 5) is 18.2. The standard InChI is InChI=1S/C33H24N2O2/c36-32(31(25-12-6-2-7-13-25)26-14-8-3-9-15-26)34-28-20-21-30-29(22-28)35-33(37-30)27-18-16-24(17-19-27)23-10-4-1-5-11-23/h1-22,31H,(H,34,36). The minimum Gasteiger partial charge on any atom is -0.436 e. The van der Waals surface area contributed by atoms with Crippen LogP contribution in [0.3, 0.4) is 0 Å². The van der Waals surface area contributed by atoms with Gasteiger partial charge >= 0.3 is 0 Å². The molecule has 1 aromatic heterocycles. The lowest BCUT2D eigenvalue weighted by molar-refractivity contribution is -0.116. The van der Waals surface area contributed by atoms with Crippen LogP contribution in [0.5, 0.6) is 0 Å². The van der Waals surface area contributed by atoms with Crippen molar-refractivity contribution in [1.82, 2.24) is 4.98 Å². The van der Waals surface area contributed by atoms with E-state index in [9.17, 15) is 4.79 Å². The van der Waals surface area contributed by atoms with Gasteiger partial charge in [0.25, 0.3) is 0 Å². The lowest BCUT2D eigenvalue weighted by atomic mass is 9.90. The van der Waals surface area contributed by atoms with Crippen LogP contribution in [0.4, 0.5) is 5.69 Å². The maximum atomic E-state index is 13.5. The third-order valence-electron chi connectivity index (χ3n) is 6.42. The number of carbonyl (C=O) groups is 1. The van der Waals surface area contributed by atoms with Crippen LogP contribution in [-0.4, -0.2) is 10.9 Å². The highest BCUT2D eigenvalue weighted by molar-refractivity contribution is 5.99. The van der Waals surface area contributed by atoms with Crippen molar-refractivity contribution in [3.8, 4) is 22.6 Å². The molecule has 6 rings (SSSR count).